The van der Waals surface area contributed by atoms with Crippen LogP contribution in [0.1, 0.15) is 56.0 Å². The third-order valence-corrected chi connectivity index (χ3v) is 3.96. The zero-order valence-corrected chi connectivity index (χ0v) is 11.4. The van der Waals surface area contributed by atoms with Gasteiger partial charge in [0.2, 0.25) is 0 Å². The van der Waals surface area contributed by atoms with Crippen LogP contribution in [0.4, 0.5) is 0 Å². The maximum Gasteiger partial charge on any atom is 0.0821 e. The van der Waals surface area contributed by atoms with E-state index in [0.29, 0.717) is 6.04 Å². The molecule has 0 aliphatic heterocycles. The van der Waals surface area contributed by atoms with Crippen molar-refractivity contribution >= 4 is 0 Å². The summed E-state index contributed by atoms with van der Waals surface area (Å²) in [4.78, 5) is 0. The molecule has 2 heterocycles. The highest BCUT2D eigenvalue weighted by Crippen LogP contribution is 2.28. The summed E-state index contributed by atoms with van der Waals surface area (Å²) in [7, 11) is 0. The fourth-order valence-corrected chi connectivity index (χ4v) is 2.83. The quantitative estimate of drug-likeness (QED) is 0.917. The van der Waals surface area contributed by atoms with E-state index in [4.69, 9.17) is 0 Å². The second-order valence-electron chi connectivity index (χ2n) is 5.52. The highest BCUT2D eigenvalue weighted by atomic mass is 16.3. The second kappa shape index (κ2) is 5.21. The highest BCUT2D eigenvalue weighted by molar-refractivity contribution is 5.14. The van der Waals surface area contributed by atoms with Crippen LogP contribution in [-0.2, 0) is 6.54 Å². The number of aliphatic hydroxyl groups excluding tert-OH is 1. The Bertz CT molecular complexity index is 535. The zero-order chi connectivity index (χ0) is 13.2. The van der Waals surface area contributed by atoms with E-state index in [1.54, 1.807) is 6.92 Å². The Morgan fingerprint density at radius 3 is 2.79 bits per heavy atom. The van der Waals surface area contributed by atoms with E-state index in [2.05, 4.69) is 26.6 Å². The minimum atomic E-state index is -0.405. The molecule has 1 saturated carbocycles. The molecule has 102 valence electrons. The largest absolute Gasteiger partial charge is 0.389 e. The third-order valence-electron chi connectivity index (χ3n) is 3.96. The van der Waals surface area contributed by atoms with Crippen molar-refractivity contribution in [1.82, 2.24) is 14.3 Å². The number of hydrogen-bond donors (Lipinski definition) is 1. The van der Waals surface area contributed by atoms with E-state index in [-0.39, 0.29) is 0 Å². The predicted octanol–water partition coefficient (Wildman–Crippen LogP) is 2.90. The molecule has 1 N–H and O–H groups in total. The van der Waals surface area contributed by atoms with Gasteiger partial charge in [0.1, 0.15) is 0 Å². The molecule has 0 saturated heterocycles. The molecule has 2 aromatic rings. The second-order valence-corrected chi connectivity index (χ2v) is 5.52. The number of nitrogens with zero attached hydrogens (tertiary/aromatic N) is 3. The first-order chi connectivity index (χ1) is 9.22. The molecular formula is C15H21N3O. The Kier molecular flexibility index (Phi) is 3.42. The van der Waals surface area contributed by atoms with E-state index in [1.165, 1.54) is 25.7 Å². The lowest BCUT2D eigenvalue weighted by atomic mass is 10.2. The minimum Gasteiger partial charge on any atom is -0.389 e. The van der Waals surface area contributed by atoms with Gasteiger partial charge in [0.25, 0.3) is 0 Å². The van der Waals surface area contributed by atoms with Crippen LogP contribution in [0.15, 0.2) is 30.7 Å². The normalized spacial score (nSPS) is 18.0. The Hall–Kier alpha value is -1.55. The van der Waals surface area contributed by atoms with Crippen molar-refractivity contribution in [2.75, 3.05) is 0 Å². The van der Waals surface area contributed by atoms with Gasteiger partial charge in [0.15, 0.2) is 0 Å². The lowest BCUT2D eigenvalue weighted by Gasteiger charge is -2.08. The van der Waals surface area contributed by atoms with Crippen molar-refractivity contribution in [3.05, 3.63) is 42.0 Å². The molecule has 0 bridgehead atoms. The average molecular weight is 259 g/mol. The summed E-state index contributed by atoms with van der Waals surface area (Å²) < 4.78 is 4.20. The summed E-state index contributed by atoms with van der Waals surface area (Å²) in [6, 6.07) is 4.66. The highest BCUT2D eigenvalue weighted by Gasteiger charge is 2.17. The van der Waals surface area contributed by atoms with E-state index < -0.39 is 6.10 Å². The Balaban J connectivity index is 1.68. The van der Waals surface area contributed by atoms with Gasteiger partial charge < -0.3 is 9.67 Å². The van der Waals surface area contributed by atoms with Gasteiger partial charge in [-0.1, -0.05) is 12.8 Å². The minimum absolute atomic E-state index is 0.405. The lowest BCUT2D eigenvalue weighted by Crippen LogP contribution is -2.06. The zero-order valence-electron chi connectivity index (χ0n) is 11.4. The van der Waals surface area contributed by atoms with Crippen molar-refractivity contribution in [3.63, 3.8) is 0 Å². The molecule has 0 amide bonds. The fourth-order valence-electron chi connectivity index (χ4n) is 2.83. The smallest absolute Gasteiger partial charge is 0.0821 e. The van der Waals surface area contributed by atoms with Crippen molar-refractivity contribution in [3.8, 4) is 0 Å². The first-order valence-corrected chi connectivity index (χ1v) is 7.10. The standard InChI is InChI=1S/C15H21N3O/c1-12(19)13-6-8-17(10-13)11-14-7-9-18(16-14)15-4-2-3-5-15/h6-10,12,15,19H,2-5,11H2,1H3. The maximum absolute atomic E-state index is 9.52. The molecule has 1 aliphatic rings. The summed E-state index contributed by atoms with van der Waals surface area (Å²) in [5.41, 5.74) is 2.04. The van der Waals surface area contributed by atoms with Gasteiger partial charge in [0, 0.05) is 18.6 Å². The van der Waals surface area contributed by atoms with Crippen LogP contribution >= 0.6 is 0 Å². The number of aliphatic hydroxyl groups is 1. The van der Waals surface area contributed by atoms with Crippen molar-refractivity contribution in [2.45, 2.75) is 51.3 Å². The molecule has 1 aliphatic carbocycles. The van der Waals surface area contributed by atoms with Crippen LogP contribution in [0.5, 0.6) is 0 Å². The Morgan fingerprint density at radius 2 is 2.11 bits per heavy atom. The molecule has 3 rings (SSSR count). The molecular weight excluding hydrogens is 238 g/mol. The maximum atomic E-state index is 9.52. The summed E-state index contributed by atoms with van der Waals surface area (Å²) in [5.74, 6) is 0. The van der Waals surface area contributed by atoms with Crippen LogP contribution in [0.2, 0.25) is 0 Å². The fraction of sp³-hybridized carbons (Fsp3) is 0.533. The van der Waals surface area contributed by atoms with Gasteiger partial charge in [-0.2, -0.15) is 5.10 Å². The molecule has 1 fully saturated rings. The topological polar surface area (TPSA) is 43.0 Å². The number of aromatic nitrogens is 3. The third kappa shape index (κ3) is 2.73. The van der Waals surface area contributed by atoms with Crippen LogP contribution in [0.25, 0.3) is 0 Å². The van der Waals surface area contributed by atoms with Crippen LogP contribution in [0, 0.1) is 0 Å². The monoisotopic (exact) mass is 259 g/mol. The summed E-state index contributed by atoms with van der Waals surface area (Å²) in [6.45, 7) is 2.56. The number of hydrogen-bond acceptors (Lipinski definition) is 2. The predicted molar refractivity (Wildman–Crippen MR) is 73.9 cm³/mol. The van der Waals surface area contributed by atoms with Gasteiger partial charge in [-0.25, -0.2) is 0 Å². The summed E-state index contributed by atoms with van der Waals surface area (Å²) in [6.07, 6.45) is 10.9. The average Bonchev–Trinajstić information content (AvgIpc) is 3.09. The van der Waals surface area contributed by atoms with Gasteiger partial charge in [-0.3, -0.25) is 4.68 Å². The van der Waals surface area contributed by atoms with Gasteiger partial charge in [-0.15, -0.1) is 0 Å². The van der Waals surface area contributed by atoms with Gasteiger partial charge in [0.05, 0.1) is 24.4 Å². The lowest BCUT2D eigenvalue weighted by molar-refractivity contribution is 0.199. The Labute approximate surface area is 113 Å². The van der Waals surface area contributed by atoms with Crippen LogP contribution in [-0.4, -0.2) is 19.5 Å². The van der Waals surface area contributed by atoms with Crippen LogP contribution < -0.4 is 0 Å². The summed E-state index contributed by atoms with van der Waals surface area (Å²) >= 11 is 0. The van der Waals surface area contributed by atoms with E-state index in [9.17, 15) is 5.11 Å². The van der Waals surface area contributed by atoms with Crippen molar-refractivity contribution < 1.29 is 5.11 Å². The van der Waals surface area contributed by atoms with Crippen LogP contribution in [0.3, 0.4) is 0 Å². The Morgan fingerprint density at radius 1 is 1.32 bits per heavy atom. The van der Waals surface area contributed by atoms with E-state index >= 15 is 0 Å². The van der Waals surface area contributed by atoms with Gasteiger partial charge >= 0.3 is 0 Å². The van der Waals surface area contributed by atoms with Crippen molar-refractivity contribution in [1.29, 1.82) is 0 Å². The molecule has 4 nitrogen and oxygen atoms in total. The molecule has 1 unspecified atom stereocenters. The van der Waals surface area contributed by atoms with Crippen molar-refractivity contribution in [2.24, 2.45) is 0 Å². The molecule has 0 aromatic carbocycles. The van der Waals surface area contributed by atoms with Gasteiger partial charge in [-0.05, 0) is 37.5 Å². The first-order valence-electron chi connectivity index (χ1n) is 7.10. The molecule has 0 radical (unpaired) electrons. The molecule has 4 heteroatoms. The van der Waals surface area contributed by atoms with E-state index in [0.717, 1.165) is 17.8 Å². The number of rotatable bonds is 4. The van der Waals surface area contributed by atoms with E-state index in [1.807, 2.05) is 18.5 Å². The molecule has 1 atom stereocenters. The SMILES string of the molecule is CC(O)c1ccn(Cc2ccn(C3CCCC3)n2)c1. The first kappa shape index (κ1) is 12.5. The summed E-state index contributed by atoms with van der Waals surface area (Å²) in [5, 5.41) is 14.2. The molecule has 2 aromatic heterocycles. The molecule has 19 heavy (non-hydrogen) atoms. The molecule has 0 spiro atoms.